The molecule has 0 spiro atoms. The predicted molar refractivity (Wildman–Crippen MR) is 194 cm³/mol. The summed E-state index contributed by atoms with van der Waals surface area (Å²) in [5.41, 5.74) is 10.7. The normalized spacial score (nSPS) is 22.1. The number of halogens is 2. The Morgan fingerprint density at radius 1 is 0.633 bits per heavy atom. The minimum absolute atomic E-state index is 0. The van der Waals surface area contributed by atoms with Crippen LogP contribution in [0.1, 0.15) is 99.6 Å². The molecule has 252 valence electrons. The third-order valence-corrected chi connectivity index (χ3v) is 13.1. The zero-order valence-corrected chi connectivity index (χ0v) is 32.5. The first-order valence-corrected chi connectivity index (χ1v) is 18.6. The Bertz CT molecular complexity index is 1660. The molecule has 3 heteroatoms. The first-order chi connectivity index (χ1) is 22.7. The Morgan fingerprint density at radius 3 is 1.69 bits per heavy atom. The molecule has 4 saturated carbocycles. The number of hydrogen-bond acceptors (Lipinski definition) is 0. The third kappa shape index (κ3) is 7.89. The summed E-state index contributed by atoms with van der Waals surface area (Å²) < 4.78 is 1.87. The maximum absolute atomic E-state index is 3.63. The van der Waals surface area contributed by atoms with E-state index >= 15 is 0 Å². The molecule has 49 heavy (non-hydrogen) atoms. The molecule has 0 N–H and O–H groups in total. The zero-order valence-electron chi connectivity index (χ0n) is 29.4. The number of fused-ring (bicyclic) bond motifs is 3. The number of rotatable bonds is 4. The predicted octanol–water partition coefficient (Wildman–Crippen LogP) is 5.19. The quantitative estimate of drug-likeness (QED) is 0.178. The van der Waals surface area contributed by atoms with Crippen LogP contribution in [0.4, 0.5) is 0 Å². The summed E-state index contributed by atoms with van der Waals surface area (Å²) in [5, 5.41) is 0. The van der Waals surface area contributed by atoms with Gasteiger partial charge in [0.25, 0.3) is 0 Å². The van der Waals surface area contributed by atoms with E-state index in [2.05, 4.69) is 157 Å². The van der Waals surface area contributed by atoms with Crippen LogP contribution in [-0.2, 0) is 37.2 Å². The van der Waals surface area contributed by atoms with Crippen LogP contribution in [0.5, 0.6) is 0 Å². The average molecular weight is 720 g/mol. The van der Waals surface area contributed by atoms with Gasteiger partial charge in [0.15, 0.2) is 0 Å². The molecule has 0 nitrogen and oxygen atoms in total. The number of hydrogen-bond donors (Lipinski definition) is 0. The van der Waals surface area contributed by atoms with Crippen molar-refractivity contribution in [2.24, 2.45) is 23.7 Å². The Balaban J connectivity index is 0.000000212. The number of allylic oxidation sites excluding steroid dienone is 4. The summed E-state index contributed by atoms with van der Waals surface area (Å²) in [5.74, 6) is 4.40. The molecule has 0 aromatic heterocycles. The molecule has 10 rings (SSSR count). The van der Waals surface area contributed by atoms with Gasteiger partial charge in [-0.1, -0.05) is 118 Å². The molecular formula is C46H48Cl2Ti-2. The van der Waals surface area contributed by atoms with E-state index in [0.717, 1.165) is 36.5 Å². The SMILES string of the molecule is CC(C)(c1ccccc1)c1c[c-]c2c(c1)-c1cc(C(C)(C)c3ccccc3)ccc1C2.[C-]1=CC=CC1.[Cl-].[Cl-].[Ti+2]=[C]1C2CC3CC(C2)CC1C3. The van der Waals surface area contributed by atoms with Crippen molar-refractivity contribution in [2.45, 2.75) is 83.5 Å². The third-order valence-electron chi connectivity index (χ3n) is 11.8. The van der Waals surface area contributed by atoms with Crippen LogP contribution in [0.25, 0.3) is 11.1 Å². The molecule has 0 atom stereocenters. The molecule has 4 aromatic carbocycles. The Kier molecular flexibility index (Phi) is 12.2. The van der Waals surface area contributed by atoms with E-state index in [0.29, 0.717) is 0 Å². The van der Waals surface area contributed by atoms with Crippen molar-refractivity contribution in [3.05, 3.63) is 155 Å². The summed E-state index contributed by atoms with van der Waals surface area (Å²) in [7, 11) is 0. The Hall–Kier alpha value is -2.48. The van der Waals surface area contributed by atoms with Gasteiger partial charge in [0.2, 0.25) is 0 Å². The second-order valence-electron chi connectivity index (χ2n) is 15.6. The van der Waals surface area contributed by atoms with Crippen molar-refractivity contribution in [1.82, 2.24) is 0 Å². The van der Waals surface area contributed by atoms with Gasteiger partial charge >= 0.3 is 79.6 Å². The van der Waals surface area contributed by atoms with Crippen molar-refractivity contribution in [3.63, 3.8) is 0 Å². The molecule has 4 fully saturated rings. The van der Waals surface area contributed by atoms with Gasteiger partial charge in [0.1, 0.15) is 0 Å². The molecule has 4 bridgehead atoms. The summed E-state index contributed by atoms with van der Waals surface area (Å²) in [6.45, 7) is 9.26. The van der Waals surface area contributed by atoms with Crippen LogP contribution in [0.3, 0.4) is 0 Å². The summed E-state index contributed by atoms with van der Waals surface area (Å²) >= 11 is 2.42. The number of benzene rings is 4. The standard InChI is InChI=1S/C31H29.C10H14.C5H5.2ClH.Ti/c1-30(2,24-11-7-5-8-12-24)26-17-15-22-19-23-16-18-27(21-29(23)28(22)20-26)31(3,4)25-13-9-6-10-14-25;1-7-2-9-4-8(1)5-10(3-7)6-9;1-2-4-5-3-1;;;/h5-15,17-18,20-21H,19H2,1-4H3;7-10H,1-5H2;1-3H,4H2;2*1H;/q-1;;-1;;;+2/p-2. The first-order valence-electron chi connectivity index (χ1n) is 17.8. The molecule has 6 aliphatic carbocycles. The molecule has 0 amide bonds. The van der Waals surface area contributed by atoms with Gasteiger partial charge in [-0.05, 0) is 28.5 Å². The zero-order chi connectivity index (χ0) is 32.6. The van der Waals surface area contributed by atoms with Crippen molar-refractivity contribution in [3.8, 4) is 11.1 Å². The molecule has 0 unspecified atom stereocenters. The second-order valence-corrected chi connectivity index (χ2v) is 16.5. The van der Waals surface area contributed by atoms with Gasteiger partial charge in [0.05, 0.1) is 0 Å². The fraction of sp³-hybridized carbons (Fsp3) is 0.370. The van der Waals surface area contributed by atoms with Gasteiger partial charge in [0, 0.05) is 5.41 Å². The van der Waals surface area contributed by atoms with E-state index in [4.69, 9.17) is 0 Å². The fourth-order valence-electron chi connectivity index (χ4n) is 8.91. The Labute approximate surface area is 319 Å². The molecule has 4 aromatic rings. The maximum atomic E-state index is 3.63. The van der Waals surface area contributed by atoms with E-state index in [-0.39, 0.29) is 35.6 Å². The van der Waals surface area contributed by atoms with Gasteiger partial charge in [-0.15, -0.1) is 17.5 Å². The van der Waals surface area contributed by atoms with Crippen LogP contribution in [0.15, 0.2) is 109 Å². The van der Waals surface area contributed by atoms with Crippen molar-refractivity contribution in [1.29, 1.82) is 0 Å². The summed E-state index contributed by atoms with van der Waals surface area (Å²) in [4.78, 5) is 0. The van der Waals surface area contributed by atoms with E-state index in [1.165, 1.54) is 44.5 Å². The van der Waals surface area contributed by atoms with Crippen LogP contribution in [0.2, 0.25) is 0 Å². The van der Waals surface area contributed by atoms with Gasteiger partial charge in [-0.25, -0.2) is 12.2 Å². The van der Waals surface area contributed by atoms with Gasteiger partial charge in [-0.3, -0.25) is 6.08 Å². The van der Waals surface area contributed by atoms with Crippen LogP contribution in [0, 0.1) is 35.8 Å². The van der Waals surface area contributed by atoms with Crippen molar-refractivity contribution >= 4 is 3.81 Å². The van der Waals surface area contributed by atoms with Crippen LogP contribution < -0.4 is 24.8 Å². The molecule has 0 saturated heterocycles. The second kappa shape index (κ2) is 15.8. The summed E-state index contributed by atoms with van der Waals surface area (Å²) in [6, 6.07) is 36.9. The molecule has 0 heterocycles. The topological polar surface area (TPSA) is 0 Å². The van der Waals surface area contributed by atoms with Gasteiger partial charge < -0.3 is 24.8 Å². The Morgan fingerprint density at radius 2 is 1.18 bits per heavy atom. The minimum atomic E-state index is -0.0591. The van der Waals surface area contributed by atoms with E-state index < -0.39 is 0 Å². The summed E-state index contributed by atoms with van der Waals surface area (Å²) in [6.07, 6.45) is 18.8. The fourth-order valence-corrected chi connectivity index (χ4v) is 9.65. The van der Waals surface area contributed by atoms with E-state index in [1.807, 2.05) is 16.0 Å². The van der Waals surface area contributed by atoms with Gasteiger partial charge in [-0.2, -0.15) is 29.8 Å². The van der Waals surface area contributed by atoms with Crippen LogP contribution in [-0.4, -0.2) is 3.81 Å². The average Bonchev–Trinajstić information content (AvgIpc) is 3.80. The van der Waals surface area contributed by atoms with Crippen LogP contribution >= 0.6 is 0 Å². The molecule has 0 aliphatic heterocycles. The first kappa shape index (κ1) is 37.8. The monoisotopic (exact) mass is 718 g/mol. The van der Waals surface area contributed by atoms with Crippen molar-refractivity contribution in [2.75, 3.05) is 0 Å². The van der Waals surface area contributed by atoms with E-state index in [1.54, 1.807) is 32.1 Å². The molecule has 0 radical (unpaired) electrons. The van der Waals surface area contributed by atoms with Crippen molar-refractivity contribution < 1.29 is 44.8 Å². The molecular weight excluding hydrogens is 671 g/mol. The molecule has 6 aliphatic rings. The van der Waals surface area contributed by atoms with E-state index in [9.17, 15) is 0 Å².